The lowest BCUT2D eigenvalue weighted by Crippen LogP contribution is -2.38. The van der Waals surface area contributed by atoms with E-state index in [1.165, 1.54) is 12.2 Å². The average Bonchev–Trinajstić information content (AvgIpc) is 2.33. The van der Waals surface area contributed by atoms with Crippen LogP contribution in [0.2, 0.25) is 5.15 Å². The largest absolute Gasteiger partial charge is 0.354 e. The number of rotatable bonds is 2. The van der Waals surface area contributed by atoms with E-state index in [1.54, 1.807) is 6.33 Å². The molecule has 0 aliphatic carbocycles. The third kappa shape index (κ3) is 2.43. The maximum Gasteiger partial charge on any atom is 0.137 e. The molecule has 0 amide bonds. The lowest BCUT2D eigenvalue weighted by molar-refractivity contribution is 0.716. The average molecular weight is 258 g/mol. The molecule has 88 valence electrons. The maximum atomic E-state index is 6.02. The molecule has 1 saturated heterocycles. The Balaban J connectivity index is 2.20. The molecule has 16 heavy (non-hydrogen) atoms. The molecule has 0 N–H and O–H groups in total. The lowest BCUT2D eigenvalue weighted by Gasteiger charge is -2.33. The van der Waals surface area contributed by atoms with E-state index < -0.39 is 0 Å². The fraction of sp³-hybridized carbons (Fsp3) is 0.636. The zero-order valence-corrected chi connectivity index (χ0v) is 11.2. The number of anilines is 1. The van der Waals surface area contributed by atoms with Gasteiger partial charge in [-0.3, -0.25) is 0 Å². The standard InChI is InChI=1S/C11H16ClN3S/c1-3-9-6-15(4-5-16-9)11-8(2)10(12)13-7-14-11/h7,9H,3-6H2,1-2H3. The molecular formula is C11H16ClN3S. The van der Waals surface area contributed by atoms with E-state index >= 15 is 0 Å². The number of halogens is 1. The van der Waals surface area contributed by atoms with E-state index in [2.05, 4.69) is 33.6 Å². The minimum absolute atomic E-state index is 0.566. The number of hydrogen-bond donors (Lipinski definition) is 0. The van der Waals surface area contributed by atoms with Crippen molar-refractivity contribution in [2.75, 3.05) is 23.7 Å². The van der Waals surface area contributed by atoms with Gasteiger partial charge in [-0.25, -0.2) is 9.97 Å². The van der Waals surface area contributed by atoms with E-state index in [0.29, 0.717) is 10.4 Å². The van der Waals surface area contributed by atoms with Gasteiger partial charge in [0.1, 0.15) is 17.3 Å². The van der Waals surface area contributed by atoms with Crippen LogP contribution in [0.4, 0.5) is 5.82 Å². The molecule has 1 fully saturated rings. The molecule has 1 unspecified atom stereocenters. The van der Waals surface area contributed by atoms with Gasteiger partial charge in [-0.05, 0) is 13.3 Å². The summed E-state index contributed by atoms with van der Waals surface area (Å²) in [6.07, 6.45) is 2.76. The Bertz CT molecular complexity index is 372. The van der Waals surface area contributed by atoms with Crippen molar-refractivity contribution in [1.82, 2.24) is 9.97 Å². The zero-order chi connectivity index (χ0) is 11.5. The summed E-state index contributed by atoms with van der Waals surface area (Å²) in [5.41, 5.74) is 0.992. The van der Waals surface area contributed by atoms with Crippen molar-refractivity contribution in [3.05, 3.63) is 17.0 Å². The Morgan fingerprint density at radius 3 is 3.12 bits per heavy atom. The van der Waals surface area contributed by atoms with Crippen LogP contribution in [-0.4, -0.2) is 34.1 Å². The molecule has 2 heterocycles. The van der Waals surface area contributed by atoms with E-state index in [9.17, 15) is 0 Å². The van der Waals surface area contributed by atoms with Crippen LogP contribution in [0.5, 0.6) is 0 Å². The van der Waals surface area contributed by atoms with Crippen molar-refractivity contribution in [3.63, 3.8) is 0 Å². The SMILES string of the molecule is CCC1CN(c2ncnc(Cl)c2C)CCS1. The second-order valence-electron chi connectivity index (χ2n) is 3.96. The number of nitrogens with zero attached hydrogens (tertiary/aromatic N) is 3. The van der Waals surface area contributed by atoms with Crippen LogP contribution in [0.15, 0.2) is 6.33 Å². The summed E-state index contributed by atoms with van der Waals surface area (Å²) in [6, 6.07) is 0. The number of hydrogen-bond acceptors (Lipinski definition) is 4. The molecule has 3 nitrogen and oxygen atoms in total. The summed E-state index contributed by atoms with van der Waals surface area (Å²) in [6.45, 7) is 6.34. The van der Waals surface area contributed by atoms with Gasteiger partial charge in [0.2, 0.25) is 0 Å². The number of aromatic nitrogens is 2. The third-order valence-electron chi connectivity index (χ3n) is 2.89. The Kier molecular flexibility index (Phi) is 3.92. The van der Waals surface area contributed by atoms with Crippen molar-refractivity contribution in [2.24, 2.45) is 0 Å². The molecule has 1 aliphatic rings. The first-order valence-electron chi connectivity index (χ1n) is 5.56. The van der Waals surface area contributed by atoms with Crippen LogP contribution in [0.25, 0.3) is 0 Å². The smallest absolute Gasteiger partial charge is 0.137 e. The third-order valence-corrected chi connectivity index (χ3v) is 4.64. The molecule has 1 aromatic heterocycles. The highest BCUT2D eigenvalue weighted by atomic mass is 35.5. The predicted molar refractivity (Wildman–Crippen MR) is 70.5 cm³/mol. The topological polar surface area (TPSA) is 29.0 Å². The van der Waals surface area contributed by atoms with Crippen molar-refractivity contribution in [1.29, 1.82) is 0 Å². The summed E-state index contributed by atoms with van der Waals surface area (Å²) in [5, 5.41) is 1.28. The molecule has 0 spiro atoms. The van der Waals surface area contributed by atoms with Crippen molar-refractivity contribution in [2.45, 2.75) is 25.5 Å². The van der Waals surface area contributed by atoms with Gasteiger partial charge >= 0.3 is 0 Å². The predicted octanol–water partition coefficient (Wildman–Crippen LogP) is 2.77. The van der Waals surface area contributed by atoms with Gasteiger partial charge < -0.3 is 4.90 Å². The first kappa shape index (κ1) is 12.0. The van der Waals surface area contributed by atoms with E-state index in [1.807, 2.05) is 6.92 Å². The summed E-state index contributed by atoms with van der Waals surface area (Å²) < 4.78 is 0. The first-order chi connectivity index (χ1) is 7.72. The Hall–Kier alpha value is -0.480. The number of thioether (sulfide) groups is 1. The Labute approximate surface area is 106 Å². The monoisotopic (exact) mass is 257 g/mol. The maximum absolute atomic E-state index is 6.02. The van der Waals surface area contributed by atoms with Crippen molar-refractivity contribution < 1.29 is 0 Å². The van der Waals surface area contributed by atoms with Gasteiger partial charge in [0.25, 0.3) is 0 Å². The first-order valence-corrected chi connectivity index (χ1v) is 6.98. The molecule has 1 aliphatic heterocycles. The van der Waals surface area contributed by atoms with Gasteiger partial charge in [0, 0.05) is 29.7 Å². The summed E-state index contributed by atoms with van der Waals surface area (Å²) in [7, 11) is 0. The zero-order valence-electron chi connectivity index (χ0n) is 9.61. The van der Waals surface area contributed by atoms with Crippen LogP contribution >= 0.6 is 23.4 Å². The Morgan fingerprint density at radius 1 is 1.56 bits per heavy atom. The van der Waals surface area contributed by atoms with Gasteiger partial charge in [-0.1, -0.05) is 18.5 Å². The molecule has 5 heteroatoms. The van der Waals surface area contributed by atoms with E-state index in [0.717, 1.165) is 24.5 Å². The quantitative estimate of drug-likeness (QED) is 0.762. The fourth-order valence-corrected chi connectivity index (χ4v) is 3.21. The van der Waals surface area contributed by atoms with Crippen molar-refractivity contribution >= 4 is 29.2 Å². The second kappa shape index (κ2) is 5.23. The van der Waals surface area contributed by atoms with Gasteiger partial charge in [-0.2, -0.15) is 11.8 Å². The van der Waals surface area contributed by atoms with Crippen LogP contribution in [-0.2, 0) is 0 Å². The second-order valence-corrected chi connectivity index (χ2v) is 5.73. The Morgan fingerprint density at radius 2 is 2.38 bits per heavy atom. The van der Waals surface area contributed by atoms with Crippen LogP contribution in [0, 0.1) is 6.92 Å². The molecule has 0 aromatic carbocycles. The fourth-order valence-electron chi connectivity index (χ4n) is 1.90. The minimum Gasteiger partial charge on any atom is -0.354 e. The molecule has 0 saturated carbocycles. The summed E-state index contributed by atoms with van der Waals surface area (Å²) in [5.74, 6) is 2.17. The van der Waals surface area contributed by atoms with Crippen LogP contribution in [0.1, 0.15) is 18.9 Å². The molecular weight excluding hydrogens is 242 g/mol. The highest BCUT2D eigenvalue weighted by Gasteiger charge is 2.21. The summed E-state index contributed by atoms with van der Waals surface area (Å²) in [4.78, 5) is 10.7. The molecule has 2 rings (SSSR count). The molecule has 0 radical (unpaired) electrons. The highest BCUT2D eigenvalue weighted by Crippen LogP contribution is 2.28. The van der Waals surface area contributed by atoms with Crippen LogP contribution < -0.4 is 4.90 Å². The minimum atomic E-state index is 0.566. The van der Waals surface area contributed by atoms with Gasteiger partial charge in [0.05, 0.1) is 0 Å². The normalized spacial score (nSPS) is 21.2. The highest BCUT2D eigenvalue weighted by molar-refractivity contribution is 8.00. The lowest BCUT2D eigenvalue weighted by atomic mass is 10.2. The van der Waals surface area contributed by atoms with E-state index in [-0.39, 0.29) is 0 Å². The molecule has 1 atom stereocenters. The summed E-state index contributed by atoms with van der Waals surface area (Å²) >= 11 is 8.07. The van der Waals surface area contributed by atoms with Crippen molar-refractivity contribution in [3.8, 4) is 0 Å². The van der Waals surface area contributed by atoms with E-state index in [4.69, 9.17) is 11.6 Å². The molecule has 1 aromatic rings. The van der Waals surface area contributed by atoms with Crippen LogP contribution in [0.3, 0.4) is 0 Å². The van der Waals surface area contributed by atoms with Gasteiger partial charge in [-0.15, -0.1) is 0 Å². The van der Waals surface area contributed by atoms with Gasteiger partial charge in [0.15, 0.2) is 0 Å². The molecule has 0 bridgehead atoms.